The van der Waals surface area contributed by atoms with Gasteiger partial charge in [-0.3, -0.25) is 14.9 Å². The summed E-state index contributed by atoms with van der Waals surface area (Å²) in [6.45, 7) is 19.6. The third kappa shape index (κ3) is 5.79. The number of Topliss-reactive ketones (excluding diaryl/α,β-unsaturated/α-hetero) is 1. The fraction of sp³-hybridized carbons (Fsp3) is 0.707. The van der Waals surface area contributed by atoms with Crippen LogP contribution >= 0.6 is 0 Å². The summed E-state index contributed by atoms with van der Waals surface area (Å²) in [4.78, 5) is 41.0. The van der Waals surface area contributed by atoms with Crippen molar-refractivity contribution in [3.8, 4) is 0 Å². The highest BCUT2D eigenvalue weighted by atomic mass is 16.7. The molecule has 0 amide bonds. The standard InChI is InChI=1S/C41H57NO9/c1-20-15-31(43)30-17-23(4)32(50-33-19-39(9,42(47)48)26(7)27(8)49-33)14-11-21(2)29-13-12-28-25(6)22(3)16-24(5)35(28)40(29,10)36(44)34-37(45)41(30,18-20)51-38(34)46/h11-13,15,17,22,24-33,35,43-44H,14,16,18-19H2,1-10H3/b21-11+,23-17+,36-34?. The zero-order valence-electron chi connectivity index (χ0n) is 31.8. The van der Waals surface area contributed by atoms with Crippen molar-refractivity contribution in [1.29, 1.82) is 0 Å². The number of nitro groups is 1. The summed E-state index contributed by atoms with van der Waals surface area (Å²) in [5.41, 5.74) is -2.03. The summed E-state index contributed by atoms with van der Waals surface area (Å²) in [5.74, 6) is -2.35. The highest BCUT2D eigenvalue weighted by Crippen LogP contribution is 2.61. The van der Waals surface area contributed by atoms with E-state index in [0.29, 0.717) is 29.4 Å². The Morgan fingerprint density at radius 3 is 2.35 bits per heavy atom. The van der Waals surface area contributed by atoms with Crippen molar-refractivity contribution in [2.24, 2.45) is 52.8 Å². The summed E-state index contributed by atoms with van der Waals surface area (Å²) in [6.07, 6.45) is 8.25. The number of ketones is 1. The van der Waals surface area contributed by atoms with Crippen LogP contribution in [-0.2, 0) is 23.8 Å². The van der Waals surface area contributed by atoms with E-state index in [0.717, 1.165) is 12.0 Å². The number of nitrogens with zero attached hydrogens (tertiary/aromatic N) is 1. The van der Waals surface area contributed by atoms with Crippen LogP contribution in [0.4, 0.5) is 0 Å². The van der Waals surface area contributed by atoms with Gasteiger partial charge in [-0.1, -0.05) is 76.1 Å². The first kappa shape index (κ1) is 37.7. The average molecular weight is 708 g/mol. The molecule has 2 saturated heterocycles. The van der Waals surface area contributed by atoms with Crippen LogP contribution in [0.2, 0.25) is 0 Å². The molecule has 1 spiro atoms. The van der Waals surface area contributed by atoms with Crippen LogP contribution in [0, 0.1) is 62.9 Å². The Morgan fingerprint density at radius 2 is 1.69 bits per heavy atom. The average Bonchev–Trinajstić information content (AvgIpc) is 3.29. The summed E-state index contributed by atoms with van der Waals surface area (Å²) in [5, 5.41) is 36.4. The van der Waals surface area contributed by atoms with E-state index in [1.54, 1.807) is 26.0 Å². The summed E-state index contributed by atoms with van der Waals surface area (Å²) in [6, 6.07) is 0. The van der Waals surface area contributed by atoms with Gasteiger partial charge in [0.15, 0.2) is 11.9 Å². The van der Waals surface area contributed by atoms with E-state index in [1.807, 2.05) is 34.6 Å². The molecule has 0 aromatic heterocycles. The lowest BCUT2D eigenvalue weighted by Gasteiger charge is -2.56. The SMILES string of the molecule is CC1=CC(O)C2/C=C(\C)C(OC3CC(C)([N+](=O)[O-])C(C)C(C)O3)C/C=C(\C)C3C=CC4C(C)C(C)CC(C)C4C3(C)C(O)=C3C(=O)OC2(C1)C3=O. The van der Waals surface area contributed by atoms with Gasteiger partial charge in [-0.25, -0.2) is 4.79 Å². The van der Waals surface area contributed by atoms with Gasteiger partial charge in [-0.05, 0) is 75.7 Å². The zero-order chi connectivity index (χ0) is 37.5. The van der Waals surface area contributed by atoms with Crippen LogP contribution in [0.15, 0.2) is 58.4 Å². The number of carbonyl (C=O) groups excluding carboxylic acids is 2. The van der Waals surface area contributed by atoms with E-state index in [9.17, 15) is 29.9 Å². The van der Waals surface area contributed by atoms with Crippen LogP contribution < -0.4 is 0 Å². The van der Waals surface area contributed by atoms with Gasteiger partial charge in [0.25, 0.3) is 0 Å². The molecule has 2 bridgehead atoms. The Labute approximate surface area is 302 Å². The topological polar surface area (TPSA) is 145 Å². The van der Waals surface area contributed by atoms with Gasteiger partial charge in [-0.2, -0.15) is 0 Å². The van der Waals surface area contributed by atoms with Crippen LogP contribution in [0.5, 0.6) is 0 Å². The molecule has 6 rings (SSSR count). The number of hydrogen-bond acceptors (Lipinski definition) is 9. The molecule has 10 heteroatoms. The second-order valence-corrected chi connectivity index (χ2v) is 17.4. The van der Waals surface area contributed by atoms with Gasteiger partial charge in [0, 0.05) is 29.6 Å². The fourth-order valence-corrected chi connectivity index (χ4v) is 10.9. The van der Waals surface area contributed by atoms with Crippen LogP contribution in [0.1, 0.15) is 94.9 Å². The van der Waals surface area contributed by atoms with Gasteiger partial charge in [0.05, 0.1) is 36.6 Å². The van der Waals surface area contributed by atoms with Gasteiger partial charge in [0.2, 0.25) is 11.3 Å². The van der Waals surface area contributed by atoms with E-state index in [2.05, 4.69) is 39.0 Å². The minimum atomic E-state index is -1.76. The predicted molar refractivity (Wildman–Crippen MR) is 192 cm³/mol. The third-order valence-corrected chi connectivity index (χ3v) is 14.3. The van der Waals surface area contributed by atoms with E-state index in [1.165, 1.54) is 0 Å². The molecule has 2 aliphatic heterocycles. The summed E-state index contributed by atoms with van der Waals surface area (Å²) >= 11 is 0. The first-order valence-electron chi connectivity index (χ1n) is 18.8. The molecule has 2 N–H and O–H groups in total. The second kappa shape index (κ2) is 13.1. The number of fused-ring (bicyclic) bond motifs is 4. The molecule has 1 saturated carbocycles. The molecule has 0 aromatic rings. The lowest BCUT2D eigenvalue weighted by molar-refractivity contribution is -0.591. The van der Waals surface area contributed by atoms with Crippen molar-refractivity contribution >= 4 is 11.8 Å². The highest BCUT2D eigenvalue weighted by molar-refractivity contribution is 6.26. The van der Waals surface area contributed by atoms with E-state index < -0.39 is 58.8 Å². The molecule has 51 heavy (non-hydrogen) atoms. The van der Waals surface area contributed by atoms with Crippen molar-refractivity contribution in [2.45, 2.75) is 131 Å². The third-order valence-electron chi connectivity index (χ3n) is 14.3. The van der Waals surface area contributed by atoms with Gasteiger partial charge in [0.1, 0.15) is 11.3 Å². The number of aliphatic hydroxyl groups is 2. The molecular weight excluding hydrogens is 650 g/mol. The Hall–Kier alpha value is -3.08. The molecule has 280 valence electrons. The minimum Gasteiger partial charge on any atom is -0.511 e. The van der Waals surface area contributed by atoms with Crippen molar-refractivity contribution in [1.82, 2.24) is 0 Å². The Morgan fingerprint density at radius 1 is 1.00 bits per heavy atom. The molecule has 3 fully saturated rings. The molecule has 0 aromatic carbocycles. The van der Waals surface area contributed by atoms with E-state index >= 15 is 0 Å². The Balaban J connectivity index is 1.53. The van der Waals surface area contributed by atoms with Crippen molar-refractivity contribution in [2.75, 3.05) is 0 Å². The Bertz CT molecular complexity index is 1640. The maximum Gasteiger partial charge on any atom is 0.346 e. The zero-order valence-corrected chi connectivity index (χ0v) is 31.8. The molecule has 0 radical (unpaired) electrons. The number of carbonyl (C=O) groups is 2. The second-order valence-electron chi connectivity index (χ2n) is 17.4. The first-order chi connectivity index (χ1) is 23.8. The Kier molecular flexibility index (Phi) is 9.67. The van der Waals surface area contributed by atoms with Gasteiger partial charge >= 0.3 is 5.97 Å². The number of aliphatic hydroxyl groups excluding tert-OH is 2. The number of hydrogen-bond donors (Lipinski definition) is 2. The quantitative estimate of drug-likeness (QED) is 0.102. The maximum atomic E-state index is 14.9. The van der Waals surface area contributed by atoms with Crippen LogP contribution in [0.25, 0.3) is 0 Å². The molecule has 2 heterocycles. The normalized spacial score (nSPS) is 49.4. The lowest BCUT2D eigenvalue weighted by Crippen LogP contribution is -2.55. The lowest BCUT2D eigenvalue weighted by atomic mass is 9.48. The molecule has 15 atom stereocenters. The van der Waals surface area contributed by atoms with Crippen LogP contribution in [-0.4, -0.2) is 62.6 Å². The predicted octanol–water partition coefficient (Wildman–Crippen LogP) is 7.21. The summed E-state index contributed by atoms with van der Waals surface area (Å²) < 4.78 is 19.0. The molecular formula is C41H57NO9. The van der Waals surface area contributed by atoms with Gasteiger partial charge in [-0.15, -0.1) is 0 Å². The summed E-state index contributed by atoms with van der Waals surface area (Å²) in [7, 11) is 0. The largest absolute Gasteiger partial charge is 0.511 e. The van der Waals surface area contributed by atoms with Crippen LogP contribution in [0.3, 0.4) is 0 Å². The number of rotatable bonds is 3. The monoisotopic (exact) mass is 707 g/mol. The van der Waals surface area contributed by atoms with Crippen molar-refractivity contribution in [3.05, 3.63) is 68.5 Å². The van der Waals surface area contributed by atoms with Crippen molar-refractivity contribution < 1.29 is 38.9 Å². The van der Waals surface area contributed by atoms with Gasteiger partial charge < -0.3 is 24.4 Å². The molecule has 15 unspecified atom stereocenters. The van der Waals surface area contributed by atoms with Crippen molar-refractivity contribution in [3.63, 3.8) is 0 Å². The smallest absolute Gasteiger partial charge is 0.346 e. The number of esters is 1. The highest BCUT2D eigenvalue weighted by Gasteiger charge is 2.64. The molecule has 4 aliphatic carbocycles. The fourth-order valence-electron chi connectivity index (χ4n) is 10.9. The minimum absolute atomic E-state index is 0.0498. The maximum absolute atomic E-state index is 14.9. The van der Waals surface area contributed by atoms with E-state index in [-0.39, 0.29) is 58.7 Å². The van der Waals surface area contributed by atoms with E-state index in [4.69, 9.17) is 14.2 Å². The number of allylic oxidation sites excluding steroid dienone is 4. The first-order valence-corrected chi connectivity index (χ1v) is 18.8. The molecule has 6 aliphatic rings. The molecule has 10 nitrogen and oxygen atoms in total. The number of ether oxygens (including phenoxy) is 3.